The fourth-order valence-electron chi connectivity index (χ4n) is 4.13. The van der Waals surface area contributed by atoms with Crippen LogP contribution < -0.4 is 11.2 Å². The van der Waals surface area contributed by atoms with Crippen LogP contribution in [0.3, 0.4) is 0 Å². The number of rotatable bonds is 7. The van der Waals surface area contributed by atoms with E-state index in [0.717, 1.165) is 4.57 Å². The van der Waals surface area contributed by atoms with E-state index < -0.39 is 16.5 Å². The second-order valence-corrected chi connectivity index (χ2v) is 10.4. The Kier molecular flexibility index (Phi) is 8.17. The molecule has 1 aliphatic heterocycles. The predicted molar refractivity (Wildman–Crippen MR) is 130 cm³/mol. The topological polar surface area (TPSA) is 116 Å². The Hall–Kier alpha value is -2.69. The van der Waals surface area contributed by atoms with Gasteiger partial charge in [0.1, 0.15) is 16.2 Å². The summed E-state index contributed by atoms with van der Waals surface area (Å²) in [4.78, 5) is 61.6. The average Bonchev–Trinajstić information content (AvgIpc) is 2.79. The van der Waals surface area contributed by atoms with E-state index in [-0.39, 0.29) is 29.1 Å². The number of thioether (sulfide) groups is 1. The number of ether oxygens (including phenoxy) is 1. The molecule has 11 heteroatoms. The van der Waals surface area contributed by atoms with Crippen molar-refractivity contribution in [1.29, 1.82) is 0 Å². The van der Waals surface area contributed by atoms with Crippen molar-refractivity contribution in [3.8, 4) is 0 Å². The van der Waals surface area contributed by atoms with Crippen LogP contribution >= 0.6 is 11.8 Å². The molecule has 0 unspecified atom stereocenters. The maximum Gasteiger partial charge on any atom is 0.332 e. The summed E-state index contributed by atoms with van der Waals surface area (Å²) >= 11 is 1.20. The third-order valence-electron chi connectivity index (χ3n) is 5.87. The summed E-state index contributed by atoms with van der Waals surface area (Å²) in [5, 5.41) is 0.133. The van der Waals surface area contributed by atoms with Crippen LogP contribution in [-0.2, 0) is 27.9 Å². The molecule has 3 rings (SSSR count). The number of nitrogens with zero attached hydrogens (tertiary/aromatic N) is 5. The van der Waals surface area contributed by atoms with E-state index in [2.05, 4.69) is 9.97 Å². The first kappa shape index (κ1) is 25.9. The van der Waals surface area contributed by atoms with Crippen molar-refractivity contribution in [1.82, 2.24) is 24.0 Å². The molecule has 34 heavy (non-hydrogen) atoms. The molecule has 10 nitrogen and oxygen atoms in total. The van der Waals surface area contributed by atoms with Gasteiger partial charge in [0.05, 0.1) is 17.8 Å². The first-order valence-electron chi connectivity index (χ1n) is 11.6. The first-order valence-corrected chi connectivity index (χ1v) is 12.5. The van der Waals surface area contributed by atoms with E-state index in [1.54, 1.807) is 25.7 Å². The van der Waals surface area contributed by atoms with Crippen molar-refractivity contribution < 1.29 is 14.3 Å². The van der Waals surface area contributed by atoms with Gasteiger partial charge in [-0.15, -0.1) is 0 Å². The summed E-state index contributed by atoms with van der Waals surface area (Å²) in [6, 6.07) is 0. The highest BCUT2D eigenvalue weighted by Gasteiger charge is 2.31. The van der Waals surface area contributed by atoms with Crippen molar-refractivity contribution in [2.75, 3.05) is 19.7 Å². The number of piperidine rings is 1. The molecule has 0 N–H and O–H groups in total. The molecule has 1 fully saturated rings. The quantitative estimate of drug-likeness (QED) is 0.327. The molecule has 0 radical (unpaired) electrons. The van der Waals surface area contributed by atoms with Gasteiger partial charge in [-0.05, 0) is 39.5 Å². The molecule has 0 aliphatic carbocycles. The lowest BCUT2D eigenvalue weighted by atomic mass is 9.97. The molecule has 1 aliphatic rings. The summed E-state index contributed by atoms with van der Waals surface area (Å²) in [5.74, 6) is 0.131. The maximum absolute atomic E-state index is 13.2. The summed E-state index contributed by atoms with van der Waals surface area (Å²) < 4.78 is 7.68. The van der Waals surface area contributed by atoms with Gasteiger partial charge in [0.15, 0.2) is 5.65 Å². The van der Waals surface area contributed by atoms with E-state index in [0.29, 0.717) is 55.6 Å². The van der Waals surface area contributed by atoms with Crippen LogP contribution in [0.25, 0.3) is 11.0 Å². The zero-order valence-electron chi connectivity index (χ0n) is 20.7. The molecule has 1 saturated heterocycles. The molecule has 0 saturated carbocycles. The van der Waals surface area contributed by atoms with Crippen LogP contribution in [0.15, 0.2) is 14.6 Å². The van der Waals surface area contributed by atoms with Crippen LogP contribution in [0.1, 0.15) is 46.4 Å². The van der Waals surface area contributed by atoms with Gasteiger partial charge < -0.3 is 9.64 Å². The van der Waals surface area contributed by atoms with Gasteiger partial charge in [-0.3, -0.25) is 23.5 Å². The van der Waals surface area contributed by atoms with Gasteiger partial charge in [0, 0.05) is 26.7 Å². The van der Waals surface area contributed by atoms with Gasteiger partial charge in [0.25, 0.3) is 5.56 Å². The Balaban J connectivity index is 1.88. The molecule has 186 valence electrons. The lowest BCUT2D eigenvalue weighted by Gasteiger charge is -2.32. The average molecular weight is 492 g/mol. The second-order valence-electron chi connectivity index (χ2n) is 9.04. The summed E-state index contributed by atoms with van der Waals surface area (Å²) in [6.45, 7) is 11.0. The van der Waals surface area contributed by atoms with Crippen LogP contribution in [0.2, 0.25) is 0 Å². The van der Waals surface area contributed by atoms with Gasteiger partial charge in [-0.25, -0.2) is 14.8 Å². The second kappa shape index (κ2) is 10.7. The summed E-state index contributed by atoms with van der Waals surface area (Å²) in [6.07, 6.45) is 1.14. The highest BCUT2D eigenvalue weighted by Crippen LogP contribution is 2.29. The fraction of sp³-hybridized carbons (Fsp3) is 0.652. The van der Waals surface area contributed by atoms with E-state index in [4.69, 9.17) is 4.74 Å². The highest BCUT2D eigenvalue weighted by atomic mass is 32.2. The minimum absolute atomic E-state index is 0.0796. The lowest BCUT2D eigenvalue weighted by molar-refractivity contribution is -0.151. The number of amides is 1. The number of fused-ring (bicyclic) bond motifs is 1. The molecule has 1 atom stereocenters. The molecule has 2 aromatic heterocycles. The maximum atomic E-state index is 13.2. The molecule has 3 heterocycles. The summed E-state index contributed by atoms with van der Waals surface area (Å²) in [5.41, 5.74) is -0.599. The van der Waals surface area contributed by atoms with E-state index in [9.17, 15) is 19.2 Å². The lowest BCUT2D eigenvalue weighted by Crippen LogP contribution is -2.43. The zero-order valence-corrected chi connectivity index (χ0v) is 21.5. The van der Waals surface area contributed by atoms with E-state index in [1.165, 1.54) is 23.4 Å². The van der Waals surface area contributed by atoms with E-state index >= 15 is 0 Å². The Morgan fingerprint density at radius 2 is 1.79 bits per heavy atom. The molecular weight excluding hydrogens is 458 g/mol. The molecule has 0 bridgehead atoms. The van der Waals surface area contributed by atoms with Crippen molar-refractivity contribution in [3.05, 3.63) is 26.7 Å². The molecular formula is C23H33N5O5S. The Bertz CT molecular complexity index is 1200. The Labute approximate surface area is 202 Å². The predicted octanol–water partition coefficient (Wildman–Crippen LogP) is 1.74. The van der Waals surface area contributed by atoms with Crippen molar-refractivity contribution in [3.63, 3.8) is 0 Å². The van der Waals surface area contributed by atoms with E-state index in [1.807, 2.05) is 13.8 Å². The molecule has 0 spiro atoms. The number of hydrogen-bond donors (Lipinski definition) is 0. The van der Waals surface area contributed by atoms with Crippen LogP contribution in [0.4, 0.5) is 0 Å². The zero-order chi connectivity index (χ0) is 25.2. The number of hydrogen-bond acceptors (Lipinski definition) is 8. The van der Waals surface area contributed by atoms with Gasteiger partial charge in [-0.1, -0.05) is 25.6 Å². The van der Waals surface area contributed by atoms with Crippen LogP contribution in [-0.4, -0.2) is 60.8 Å². The normalized spacial score (nSPS) is 15.7. The largest absolute Gasteiger partial charge is 0.466 e. The van der Waals surface area contributed by atoms with Crippen molar-refractivity contribution >= 4 is 34.7 Å². The van der Waals surface area contributed by atoms with Crippen LogP contribution in [0.5, 0.6) is 0 Å². The van der Waals surface area contributed by atoms with Gasteiger partial charge >= 0.3 is 11.7 Å². The highest BCUT2D eigenvalue weighted by molar-refractivity contribution is 8.00. The first-order chi connectivity index (χ1) is 16.0. The monoisotopic (exact) mass is 491 g/mol. The molecule has 2 aromatic rings. The van der Waals surface area contributed by atoms with Crippen molar-refractivity contribution in [2.24, 2.45) is 18.9 Å². The number of likely N-dealkylation sites (tertiary alicyclic amines) is 1. The third-order valence-corrected chi connectivity index (χ3v) is 6.94. The van der Waals surface area contributed by atoms with Gasteiger partial charge in [0.2, 0.25) is 5.91 Å². The Morgan fingerprint density at radius 1 is 1.15 bits per heavy atom. The minimum Gasteiger partial charge on any atom is -0.466 e. The standard InChI is InChI=1S/C23H33N5O5S/c1-7-33-22(31)16-8-10-27(11-9-16)20(29)14(4)34-19-17-18(24-15(5)25-19)28(12-13(2)3)23(32)26(6)21(17)30/h13-14,16H,7-12H2,1-6H3/t14-/m1/s1. The third kappa shape index (κ3) is 5.34. The van der Waals surface area contributed by atoms with Crippen LogP contribution in [0, 0.1) is 18.8 Å². The number of aryl methyl sites for hydroxylation is 1. The molecule has 1 amide bonds. The SMILES string of the molecule is CCOC(=O)C1CCN(C(=O)[C@@H](C)Sc2nc(C)nc3c2c(=O)n(C)c(=O)n3CC(C)C)CC1. The number of esters is 1. The number of aromatic nitrogens is 4. The number of carbonyl (C=O) groups is 2. The van der Waals surface area contributed by atoms with Gasteiger partial charge in [-0.2, -0.15) is 0 Å². The smallest absolute Gasteiger partial charge is 0.332 e. The summed E-state index contributed by atoms with van der Waals surface area (Å²) in [7, 11) is 1.44. The Morgan fingerprint density at radius 3 is 2.38 bits per heavy atom. The minimum atomic E-state index is -0.508. The fourth-order valence-corrected chi connectivity index (χ4v) is 5.19. The van der Waals surface area contributed by atoms with Crippen molar-refractivity contribution in [2.45, 2.75) is 64.3 Å². The number of carbonyl (C=O) groups excluding carboxylic acids is 2. The molecule has 0 aromatic carbocycles.